The standard InChI is InChI=1S/C22H19ClFN3O2S/c1-11-21(28)20(22(29)27(3)26-11)19-14(15(23)7-8-16(19)24)6-4-13-5-9-18-17(10-13)25-12(2)30-18/h5,7-10,28H,4,6H2,1-3H3. The number of thiazole rings is 1. The predicted octanol–water partition coefficient (Wildman–Crippen LogP) is 4.96. The van der Waals surface area contributed by atoms with Crippen molar-refractivity contribution >= 4 is 33.2 Å². The molecule has 2 aromatic heterocycles. The van der Waals surface area contributed by atoms with Crippen molar-refractivity contribution in [3.05, 3.63) is 73.4 Å². The number of aromatic nitrogens is 3. The molecule has 0 unspecified atom stereocenters. The van der Waals surface area contributed by atoms with Gasteiger partial charge in [-0.2, -0.15) is 5.10 Å². The van der Waals surface area contributed by atoms with Gasteiger partial charge in [0.2, 0.25) is 0 Å². The highest BCUT2D eigenvalue weighted by atomic mass is 35.5. The van der Waals surface area contributed by atoms with E-state index in [1.54, 1.807) is 18.3 Å². The van der Waals surface area contributed by atoms with Crippen LogP contribution in [0.2, 0.25) is 5.02 Å². The number of hydrogen-bond acceptors (Lipinski definition) is 5. The number of aromatic hydroxyl groups is 1. The summed E-state index contributed by atoms with van der Waals surface area (Å²) in [6.07, 6.45) is 0.971. The highest BCUT2D eigenvalue weighted by Crippen LogP contribution is 2.36. The summed E-state index contributed by atoms with van der Waals surface area (Å²) >= 11 is 8.05. The van der Waals surface area contributed by atoms with Gasteiger partial charge in [-0.3, -0.25) is 4.79 Å². The molecule has 0 radical (unpaired) electrons. The fraction of sp³-hybridized carbons (Fsp3) is 0.227. The first-order valence-electron chi connectivity index (χ1n) is 9.36. The molecule has 0 amide bonds. The molecule has 0 atom stereocenters. The van der Waals surface area contributed by atoms with Gasteiger partial charge in [0.1, 0.15) is 11.5 Å². The van der Waals surface area contributed by atoms with E-state index in [-0.39, 0.29) is 22.6 Å². The van der Waals surface area contributed by atoms with Crippen LogP contribution in [0.4, 0.5) is 4.39 Å². The largest absolute Gasteiger partial charge is 0.505 e. The highest BCUT2D eigenvalue weighted by molar-refractivity contribution is 7.18. The monoisotopic (exact) mass is 443 g/mol. The van der Waals surface area contributed by atoms with Crippen molar-refractivity contribution in [2.45, 2.75) is 26.7 Å². The van der Waals surface area contributed by atoms with Crippen LogP contribution in [0.5, 0.6) is 5.75 Å². The molecule has 1 N–H and O–H groups in total. The number of halogens is 2. The second-order valence-corrected chi connectivity index (χ2v) is 8.80. The van der Waals surface area contributed by atoms with Gasteiger partial charge in [-0.15, -0.1) is 11.3 Å². The molecular formula is C22H19ClFN3O2S. The lowest BCUT2D eigenvalue weighted by Crippen LogP contribution is -2.23. The second-order valence-electron chi connectivity index (χ2n) is 7.16. The van der Waals surface area contributed by atoms with Gasteiger partial charge < -0.3 is 5.11 Å². The number of aryl methyl sites for hydroxylation is 4. The minimum absolute atomic E-state index is 0.0247. The van der Waals surface area contributed by atoms with E-state index in [1.165, 1.54) is 19.2 Å². The maximum absolute atomic E-state index is 14.9. The molecule has 154 valence electrons. The van der Waals surface area contributed by atoms with Gasteiger partial charge in [0.05, 0.1) is 20.8 Å². The summed E-state index contributed by atoms with van der Waals surface area (Å²) in [5.74, 6) is -0.946. The van der Waals surface area contributed by atoms with Crippen LogP contribution in [0.3, 0.4) is 0 Å². The Bertz CT molecular complexity index is 1350. The van der Waals surface area contributed by atoms with Crippen LogP contribution in [0.25, 0.3) is 21.3 Å². The highest BCUT2D eigenvalue weighted by Gasteiger charge is 2.23. The summed E-state index contributed by atoms with van der Waals surface area (Å²) in [7, 11) is 1.46. The maximum Gasteiger partial charge on any atom is 0.278 e. The van der Waals surface area contributed by atoms with E-state index in [0.717, 1.165) is 25.5 Å². The Morgan fingerprint density at radius 2 is 1.93 bits per heavy atom. The van der Waals surface area contributed by atoms with E-state index in [1.807, 2.05) is 25.1 Å². The van der Waals surface area contributed by atoms with Crippen LogP contribution in [0.1, 0.15) is 21.8 Å². The lowest BCUT2D eigenvalue weighted by Gasteiger charge is -2.15. The molecule has 8 heteroatoms. The third-order valence-electron chi connectivity index (χ3n) is 5.06. The van der Waals surface area contributed by atoms with Gasteiger partial charge in [-0.25, -0.2) is 14.1 Å². The van der Waals surface area contributed by atoms with Gasteiger partial charge in [0.25, 0.3) is 5.56 Å². The molecule has 5 nitrogen and oxygen atoms in total. The zero-order valence-corrected chi connectivity index (χ0v) is 18.2. The summed E-state index contributed by atoms with van der Waals surface area (Å²) in [6, 6.07) is 8.73. The molecule has 4 rings (SSSR count). The molecule has 0 aliphatic heterocycles. The van der Waals surface area contributed by atoms with Crippen molar-refractivity contribution in [1.82, 2.24) is 14.8 Å². The van der Waals surface area contributed by atoms with E-state index < -0.39 is 11.4 Å². The molecule has 0 bridgehead atoms. The average molecular weight is 444 g/mol. The number of fused-ring (bicyclic) bond motifs is 1. The quantitative estimate of drug-likeness (QED) is 0.484. The van der Waals surface area contributed by atoms with Crippen molar-refractivity contribution in [3.63, 3.8) is 0 Å². The van der Waals surface area contributed by atoms with Crippen LogP contribution < -0.4 is 5.56 Å². The number of rotatable bonds is 4. The van der Waals surface area contributed by atoms with Gasteiger partial charge in [0, 0.05) is 17.6 Å². The fourth-order valence-corrected chi connectivity index (χ4v) is 4.67. The van der Waals surface area contributed by atoms with Gasteiger partial charge in [-0.05, 0) is 62.1 Å². The smallest absolute Gasteiger partial charge is 0.278 e. The Kier molecular flexibility index (Phi) is 5.34. The van der Waals surface area contributed by atoms with Crippen LogP contribution in [-0.4, -0.2) is 19.9 Å². The van der Waals surface area contributed by atoms with Crippen molar-refractivity contribution in [2.75, 3.05) is 0 Å². The molecule has 0 fully saturated rings. The summed E-state index contributed by atoms with van der Waals surface area (Å²) in [5.41, 5.74) is 1.99. The lowest BCUT2D eigenvalue weighted by molar-refractivity contribution is 0.460. The van der Waals surface area contributed by atoms with Crippen molar-refractivity contribution in [1.29, 1.82) is 0 Å². The first-order chi connectivity index (χ1) is 14.3. The molecule has 0 aliphatic carbocycles. The molecule has 0 saturated carbocycles. The second kappa shape index (κ2) is 7.81. The zero-order valence-electron chi connectivity index (χ0n) is 16.7. The van der Waals surface area contributed by atoms with Crippen LogP contribution >= 0.6 is 22.9 Å². The normalized spacial score (nSPS) is 11.4. The average Bonchev–Trinajstić information content (AvgIpc) is 3.07. The van der Waals surface area contributed by atoms with Crippen molar-refractivity contribution < 1.29 is 9.50 Å². The summed E-state index contributed by atoms with van der Waals surface area (Å²) in [6.45, 7) is 3.53. The van der Waals surface area contributed by atoms with E-state index in [9.17, 15) is 14.3 Å². The van der Waals surface area contributed by atoms with Gasteiger partial charge >= 0.3 is 0 Å². The lowest BCUT2D eigenvalue weighted by atomic mass is 9.94. The third kappa shape index (κ3) is 3.59. The van der Waals surface area contributed by atoms with E-state index >= 15 is 0 Å². The van der Waals surface area contributed by atoms with Crippen LogP contribution in [0, 0.1) is 19.7 Å². The Labute approximate surface area is 181 Å². The van der Waals surface area contributed by atoms with E-state index in [0.29, 0.717) is 23.4 Å². The van der Waals surface area contributed by atoms with Crippen molar-refractivity contribution in [2.24, 2.45) is 7.05 Å². The van der Waals surface area contributed by atoms with Gasteiger partial charge in [-0.1, -0.05) is 17.7 Å². The number of hydrogen-bond donors (Lipinski definition) is 1. The zero-order chi connectivity index (χ0) is 21.6. The fourth-order valence-electron chi connectivity index (χ4n) is 3.61. The van der Waals surface area contributed by atoms with Crippen molar-refractivity contribution in [3.8, 4) is 16.9 Å². The first-order valence-corrected chi connectivity index (χ1v) is 10.6. The Balaban J connectivity index is 1.80. The topological polar surface area (TPSA) is 68.0 Å². The predicted molar refractivity (Wildman–Crippen MR) is 118 cm³/mol. The molecule has 2 aromatic carbocycles. The molecule has 0 aliphatic rings. The molecule has 30 heavy (non-hydrogen) atoms. The number of nitrogens with zero attached hydrogens (tertiary/aromatic N) is 3. The SMILES string of the molecule is Cc1nc2cc(CCc3c(Cl)ccc(F)c3-c3c(O)c(C)nn(C)c3=O)ccc2s1. The third-order valence-corrected chi connectivity index (χ3v) is 6.37. The van der Waals surface area contributed by atoms with E-state index in [2.05, 4.69) is 10.1 Å². The summed E-state index contributed by atoms with van der Waals surface area (Å²) in [5, 5.41) is 15.8. The minimum Gasteiger partial charge on any atom is -0.505 e. The first kappa shape index (κ1) is 20.5. The maximum atomic E-state index is 14.9. The molecule has 2 heterocycles. The Morgan fingerprint density at radius 1 is 1.17 bits per heavy atom. The van der Waals surface area contributed by atoms with Gasteiger partial charge in [0.15, 0.2) is 5.75 Å². The van der Waals surface area contributed by atoms with Crippen LogP contribution in [-0.2, 0) is 19.9 Å². The summed E-state index contributed by atoms with van der Waals surface area (Å²) in [4.78, 5) is 17.2. The minimum atomic E-state index is -0.613. The van der Waals surface area contributed by atoms with E-state index in [4.69, 9.17) is 11.6 Å². The Hall–Kier alpha value is -2.77. The Morgan fingerprint density at radius 3 is 2.70 bits per heavy atom. The molecule has 0 spiro atoms. The summed E-state index contributed by atoms with van der Waals surface area (Å²) < 4.78 is 17.1. The molecule has 4 aromatic rings. The number of benzene rings is 2. The van der Waals surface area contributed by atoms with Crippen LogP contribution in [0.15, 0.2) is 35.1 Å². The molecular weight excluding hydrogens is 425 g/mol. The molecule has 0 saturated heterocycles.